The minimum absolute atomic E-state index is 0.161. The van der Waals surface area contributed by atoms with Gasteiger partial charge in [0.15, 0.2) is 0 Å². The van der Waals surface area contributed by atoms with E-state index in [9.17, 15) is 13.6 Å². The number of benzene rings is 2. The lowest BCUT2D eigenvalue weighted by molar-refractivity contribution is -0.152. The number of amides is 1. The molecule has 0 saturated carbocycles. The van der Waals surface area contributed by atoms with E-state index in [0.29, 0.717) is 6.54 Å². The average Bonchev–Trinajstić information content (AvgIpc) is 2.69. The van der Waals surface area contributed by atoms with Crippen LogP contribution in [-0.2, 0) is 16.0 Å². The van der Waals surface area contributed by atoms with Crippen molar-refractivity contribution in [3.05, 3.63) is 71.0 Å². The molecule has 6 heteroatoms. The zero-order valence-electron chi connectivity index (χ0n) is 14.9. The van der Waals surface area contributed by atoms with Gasteiger partial charge in [-0.05, 0) is 35.2 Å². The van der Waals surface area contributed by atoms with E-state index >= 15 is 0 Å². The van der Waals surface area contributed by atoms with Gasteiger partial charge in [0, 0.05) is 19.0 Å². The SMILES string of the molecule is N[C@H]1C[C@H](C(=O)N2CCc3ccccc3[C@@H]2c2ccc(F)cc2)OC[C@@H]1F. The summed E-state index contributed by atoms with van der Waals surface area (Å²) in [5, 5.41) is 0. The molecule has 1 saturated heterocycles. The third-order valence-electron chi connectivity index (χ3n) is 5.44. The summed E-state index contributed by atoms with van der Waals surface area (Å²) in [7, 11) is 0. The van der Waals surface area contributed by atoms with Crippen LogP contribution in [0.1, 0.15) is 29.2 Å². The molecule has 1 amide bonds. The summed E-state index contributed by atoms with van der Waals surface area (Å²) in [6.45, 7) is 0.356. The van der Waals surface area contributed by atoms with Crippen LogP contribution in [-0.4, -0.2) is 42.3 Å². The van der Waals surface area contributed by atoms with Crippen LogP contribution >= 0.6 is 0 Å². The minimum atomic E-state index is -1.25. The summed E-state index contributed by atoms with van der Waals surface area (Å²) in [6.07, 6.45) is -1.11. The van der Waals surface area contributed by atoms with Gasteiger partial charge < -0.3 is 15.4 Å². The lowest BCUT2D eigenvalue weighted by Gasteiger charge is -2.41. The molecule has 4 rings (SSSR count). The molecule has 2 aliphatic heterocycles. The third kappa shape index (κ3) is 3.47. The second-order valence-corrected chi connectivity index (χ2v) is 7.17. The van der Waals surface area contributed by atoms with Crippen molar-refractivity contribution in [2.24, 2.45) is 5.73 Å². The van der Waals surface area contributed by atoms with Crippen LogP contribution < -0.4 is 5.73 Å². The summed E-state index contributed by atoms with van der Waals surface area (Å²) in [5.41, 5.74) is 8.83. The Kier molecular flexibility index (Phi) is 4.93. The Hall–Kier alpha value is -2.31. The molecule has 2 aliphatic rings. The Bertz CT molecular complexity index is 827. The van der Waals surface area contributed by atoms with E-state index in [1.807, 2.05) is 24.3 Å². The topological polar surface area (TPSA) is 55.6 Å². The van der Waals surface area contributed by atoms with Gasteiger partial charge in [-0.2, -0.15) is 0 Å². The molecule has 2 aromatic carbocycles. The molecule has 142 valence electrons. The molecule has 4 atom stereocenters. The highest BCUT2D eigenvalue weighted by Gasteiger charge is 2.39. The first-order chi connectivity index (χ1) is 13.0. The predicted molar refractivity (Wildman–Crippen MR) is 97.3 cm³/mol. The van der Waals surface area contributed by atoms with Crippen LogP contribution in [0.5, 0.6) is 0 Å². The number of ether oxygens (including phenoxy) is 1. The quantitative estimate of drug-likeness (QED) is 0.882. The lowest BCUT2D eigenvalue weighted by Crippen LogP contribution is -2.52. The highest BCUT2D eigenvalue weighted by atomic mass is 19.1. The van der Waals surface area contributed by atoms with Gasteiger partial charge in [0.2, 0.25) is 0 Å². The van der Waals surface area contributed by atoms with E-state index in [1.54, 1.807) is 17.0 Å². The van der Waals surface area contributed by atoms with Crippen molar-refractivity contribution in [2.45, 2.75) is 37.2 Å². The Morgan fingerprint density at radius 1 is 1.15 bits per heavy atom. The van der Waals surface area contributed by atoms with Gasteiger partial charge in [-0.25, -0.2) is 8.78 Å². The van der Waals surface area contributed by atoms with E-state index in [2.05, 4.69) is 0 Å². The Labute approximate surface area is 156 Å². The molecular weight excluding hydrogens is 350 g/mol. The standard InChI is InChI=1S/C21H22F2N2O2/c22-15-7-5-14(6-8-15)20-16-4-2-1-3-13(16)9-10-25(20)21(26)19-11-18(24)17(23)12-27-19/h1-8,17-20H,9-12,24H2/t17-,18-,19+,20-/m0/s1. The van der Waals surface area contributed by atoms with Crippen LogP contribution in [0.15, 0.2) is 48.5 Å². The van der Waals surface area contributed by atoms with Crippen molar-refractivity contribution in [3.63, 3.8) is 0 Å². The fourth-order valence-electron chi connectivity index (χ4n) is 3.96. The summed E-state index contributed by atoms with van der Waals surface area (Å²) in [4.78, 5) is 15.0. The van der Waals surface area contributed by atoms with Gasteiger partial charge >= 0.3 is 0 Å². The third-order valence-corrected chi connectivity index (χ3v) is 5.44. The highest BCUT2D eigenvalue weighted by Crippen LogP contribution is 2.36. The molecule has 0 aliphatic carbocycles. The van der Waals surface area contributed by atoms with E-state index in [1.165, 1.54) is 17.7 Å². The van der Waals surface area contributed by atoms with Crippen LogP contribution in [0.25, 0.3) is 0 Å². The molecule has 0 radical (unpaired) electrons. The molecule has 0 spiro atoms. The molecule has 2 heterocycles. The predicted octanol–water partition coefficient (Wildman–Crippen LogP) is 2.75. The second-order valence-electron chi connectivity index (χ2n) is 7.17. The maximum atomic E-state index is 13.6. The Morgan fingerprint density at radius 2 is 1.89 bits per heavy atom. The van der Waals surface area contributed by atoms with Crippen molar-refractivity contribution in [3.8, 4) is 0 Å². The smallest absolute Gasteiger partial charge is 0.252 e. The normalized spacial score (nSPS) is 27.9. The van der Waals surface area contributed by atoms with Gasteiger partial charge in [0.05, 0.1) is 12.6 Å². The number of carbonyl (C=O) groups is 1. The number of nitrogens with two attached hydrogens (primary N) is 1. The number of hydrogen-bond donors (Lipinski definition) is 1. The minimum Gasteiger partial charge on any atom is -0.365 e. The molecule has 4 nitrogen and oxygen atoms in total. The van der Waals surface area contributed by atoms with Crippen molar-refractivity contribution < 1.29 is 18.3 Å². The first-order valence-corrected chi connectivity index (χ1v) is 9.19. The summed E-state index contributed by atoms with van der Waals surface area (Å²) >= 11 is 0. The molecular formula is C21H22F2N2O2. The number of halogens is 2. The Balaban J connectivity index is 1.68. The Morgan fingerprint density at radius 3 is 2.63 bits per heavy atom. The first kappa shape index (κ1) is 18.1. The van der Waals surface area contributed by atoms with Gasteiger partial charge in [0.1, 0.15) is 18.1 Å². The largest absolute Gasteiger partial charge is 0.365 e. The number of hydrogen-bond acceptors (Lipinski definition) is 3. The number of nitrogens with zero attached hydrogens (tertiary/aromatic N) is 1. The average molecular weight is 372 g/mol. The van der Waals surface area contributed by atoms with E-state index in [-0.39, 0.29) is 30.8 Å². The molecule has 0 unspecified atom stereocenters. The highest BCUT2D eigenvalue weighted by molar-refractivity contribution is 5.82. The van der Waals surface area contributed by atoms with Gasteiger partial charge in [-0.15, -0.1) is 0 Å². The fourth-order valence-corrected chi connectivity index (χ4v) is 3.96. The summed E-state index contributed by atoms with van der Waals surface area (Å²) < 4.78 is 32.5. The number of fused-ring (bicyclic) bond motifs is 1. The second kappa shape index (κ2) is 7.37. The summed E-state index contributed by atoms with van der Waals surface area (Å²) in [6, 6.07) is 13.1. The lowest BCUT2D eigenvalue weighted by atomic mass is 9.87. The first-order valence-electron chi connectivity index (χ1n) is 9.19. The maximum absolute atomic E-state index is 13.6. The number of carbonyl (C=O) groups excluding carboxylic acids is 1. The van der Waals surface area contributed by atoms with Crippen LogP contribution in [0.3, 0.4) is 0 Å². The zero-order chi connectivity index (χ0) is 19.0. The molecule has 1 fully saturated rings. The molecule has 27 heavy (non-hydrogen) atoms. The molecule has 0 bridgehead atoms. The van der Waals surface area contributed by atoms with Crippen LogP contribution in [0.2, 0.25) is 0 Å². The van der Waals surface area contributed by atoms with Crippen molar-refractivity contribution in [2.75, 3.05) is 13.2 Å². The fraction of sp³-hybridized carbons (Fsp3) is 0.381. The molecule has 0 aromatic heterocycles. The van der Waals surface area contributed by atoms with Crippen molar-refractivity contribution >= 4 is 5.91 Å². The molecule has 2 aromatic rings. The van der Waals surface area contributed by atoms with Crippen LogP contribution in [0.4, 0.5) is 8.78 Å². The van der Waals surface area contributed by atoms with Gasteiger partial charge in [-0.3, -0.25) is 4.79 Å². The van der Waals surface area contributed by atoms with Gasteiger partial charge in [0.25, 0.3) is 5.91 Å². The maximum Gasteiger partial charge on any atom is 0.252 e. The van der Waals surface area contributed by atoms with E-state index in [0.717, 1.165) is 17.5 Å². The molecule has 2 N–H and O–H groups in total. The monoisotopic (exact) mass is 372 g/mol. The number of alkyl halides is 1. The summed E-state index contributed by atoms with van der Waals surface area (Å²) in [5.74, 6) is -0.516. The van der Waals surface area contributed by atoms with Crippen molar-refractivity contribution in [1.82, 2.24) is 4.90 Å². The van der Waals surface area contributed by atoms with Gasteiger partial charge in [-0.1, -0.05) is 36.4 Å². The van der Waals surface area contributed by atoms with Crippen molar-refractivity contribution in [1.29, 1.82) is 0 Å². The van der Waals surface area contributed by atoms with E-state index in [4.69, 9.17) is 10.5 Å². The number of rotatable bonds is 2. The zero-order valence-corrected chi connectivity index (χ0v) is 14.9. The van der Waals surface area contributed by atoms with E-state index < -0.39 is 18.3 Å². The van der Waals surface area contributed by atoms with Crippen LogP contribution in [0, 0.1) is 5.82 Å².